The van der Waals surface area contributed by atoms with Crippen molar-refractivity contribution in [1.82, 2.24) is 15.1 Å². The number of aromatic nitrogens is 2. The molecule has 0 saturated carbocycles. The van der Waals surface area contributed by atoms with Gasteiger partial charge in [-0.15, -0.1) is 0 Å². The minimum Gasteiger partial charge on any atom is -0.359 e. The predicted octanol–water partition coefficient (Wildman–Crippen LogP) is 2.41. The second-order valence-electron chi connectivity index (χ2n) is 5.50. The van der Waals surface area contributed by atoms with Crippen LogP contribution in [-0.4, -0.2) is 28.6 Å². The fourth-order valence-corrected chi connectivity index (χ4v) is 2.37. The first-order valence-electron chi connectivity index (χ1n) is 7.86. The SMILES string of the molecule is CNC(=O)Cc1ccc(NC(=O)c2ccc(-n3cccn3)cc2)cc1. The number of carbonyl (C=O) groups is 2. The average Bonchev–Trinajstić information content (AvgIpc) is 3.18. The van der Waals surface area contributed by atoms with Gasteiger partial charge in [0, 0.05) is 30.7 Å². The minimum atomic E-state index is -0.189. The van der Waals surface area contributed by atoms with Gasteiger partial charge >= 0.3 is 0 Å². The molecule has 2 N–H and O–H groups in total. The van der Waals surface area contributed by atoms with Crippen LogP contribution in [0.1, 0.15) is 15.9 Å². The van der Waals surface area contributed by atoms with E-state index in [2.05, 4.69) is 15.7 Å². The summed E-state index contributed by atoms with van der Waals surface area (Å²) in [6.07, 6.45) is 3.86. The van der Waals surface area contributed by atoms with Crippen molar-refractivity contribution in [3.05, 3.63) is 78.1 Å². The van der Waals surface area contributed by atoms with Gasteiger partial charge in [0.15, 0.2) is 0 Å². The van der Waals surface area contributed by atoms with Crippen LogP contribution in [0.2, 0.25) is 0 Å². The fraction of sp³-hybridized carbons (Fsp3) is 0.105. The Kier molecular flexibility index (Phi) is 4.89. The van der Waals surface area contributed by atoms with E-state index in [1.165, 1.54) is 0 Å². The Morgan fingerprint density at radius 2 is 1.76 bits per heavy atom. The number of hydrogen-bond donors (Lipinski definition) is 2. The van der Waals surface area contributed by atoms with Crippen molar-refractivity contribution in [2.75, 3.05) is 12.4 Å². The zero-order valence-corrected chi connectivity index (χ0v) is 13.8. The highest BCUT2D eigenvalue weighted by Crippen LogP contribution is 2.13. The van der Waals surface area contributed by atoms with Crippen molar-refractivity contribution < 1.29 is 9.59 Å². The molecule has 1 heterocycles. The number of rotatable bonds is 5. The lowest BCUT2D eigenvalue weighted by atomic mass is 10.1. The molecule has 0 spiro atoms. The fourth-order valence-electron chi connectivity index (χ4n) is 2.37. The molecule has 1 aromatic heterocycles. The molecule has 0 atom stereocenters. The van der Waals surface area contributed by atoms with Crippen LogP contribution in [0.5, 0.6) is 0 Å². The van der Waals surface area contributed by atoms with Gasteiger partial charge in [-0.05, 0) is 48.0 Å². The summed E-state index contributed by atoms with van der Waals surface area (Å²) in [7, 11) is 1.61. The van der Waals surface area contributed by atoms with E-state index in [0.717, 1.165) is 11.3 Å². The summed E-state index contributed by atoms with van der Waals surface area (Å²) < 4.78 is 1.73. The van der Waals surface area contributed by atoms with E-state index in [4.69, 9.17) is 0 Å². The Morgan fingerprint density at radius 3 is 2.36 bits per heavy atom. The van der Waals surface area contributed by atoms with Gasteiger partial charge in [-0.3, -0.25) is 9.59 Å². The van der Waals surface area contributed by atoms with Crippen LogP contribution in [0.15, 0.2) is 67.0 Å². The summed E-state index contributed by atoms with van der Waals surface area (Å²) in [5, 5.41) is 9.58. The summed E-state index contributed by atoms with van der Waals surface area (Å²) in [6, 6.07) is 16.3. The van der Waals surface area contributed by atoms with Crippen LogP contribution >= 0.6 is 0 Å². The maximum absolute atomic E-state index is 12.3. The molecule has 6 nitrogen and oxygen atoms in total. The van der Waals surface area contributed by atoms with E-state index >= 15 is 0 Å². The van der Waals surface area contributed by atoms with Crippen molar-refractivity contribution in [2.45, 2.75) is 6.42 Å². The third-order valence-electron chi connectivity index (χ3n) is 3.75. The summed E-state index contributed by atoms with van der Waals surface area (Å²) in [4.78, 5) is 23.7. The van der Waals surface area contributed by atoms with Crippen molar-refractivity contribution in [3.63, 3.8) is 0 Å². The number of anilines is 1. The number of likely N-dealkylation sites (N-methyl/N-ethyl adjacent to an activating group) is 1. The first kappa shape index (κ1) is 16.4. The molecule has 0 unspecified atom stereocenters. The molecule has 126 valence electrons. The normalized spacial score (nSPS) is 10.3. The number of nitrogens with one attached hydrogen (secondary N) is 2. The predicted molar refractivity (Wildman–Crippen MR) is 95.7 cm³/mol. The zero-order valence-electron chi connectivity index (χ0n) is 13.8. The molecule has 0 aliphatic carbocycles. The molecule has 0 bridgehead atoms. The summed E-state index contributed by atoms with van der Waals surface area (Å²) in [5.41, 5.74) is 3.02. The molecule has 25 heavy (non-hydrogen) atoms. The molecule has 0 aliphatic rings. The van der Waals surface area contributed by atoms with Crippen LogP contribution in [0.4, 0.5) is 5.69 Å². The maximum Gasteiger partial charge on any atom is 0.255 e. The van der Waals surface area contributed by atoms with E-state index in [1.54, 1.807) is 42.2 Å². The number of amides is 2. The van der Waals surface area contributed by atoms with Gasteiger partial charge in [0.05, 0.1) is 12.1 Å². The second kappa shape index (κ2) is 7.44. The standard InChI is InChI=1S/C19H18N4O2/c1-20-18(24)13-14-3-7-16(8-4-14)22-19(25)15-5-9-17(10-6-15)23-12-2-11-21-23/h2-12H,13H2,1H3,(H,20,24)(H,22,25). The zero-order chi connectivity index (χ0) is 17.6. The highest BCUT2D eigenvalue weighted by Gasteiger charge is 2.07. The minimum absolute atomic E-state index is 0.0472. The van der Waals surface area contributed by atoms with Crippen molar-refractivity contribution >= 4 is 17.5 Å². The highest BCUT2D eigenvalue weighted by molar-refractivity contribution is 6.04. The average molecular weight is 334 g/mol. The lowest BCUT2D eigenvalue weighted by Crippen LogP contribution is -2.19. The van der Waals surface area contributed by atoms with Crippen molar-refractivity contribution in [3.8, 4) is 5.69 Å². The molecule has 0 fully saturated rings. The van der Waals surface area contributed by atoms with E-state index in [9.17, 15) is 9.59 Å². The number of nitrogens with zero attached hydrogens (tertiary/aromatic N) is 2. The lowest BCUT2D eigenvalue weighted by molar-refractivity contribution is -0.119. The molecule has 3 rings (SSSR count). The maximum atomic E-state index is 12.3. The lowest BCUT2D eigenvalue weighted by Gasteiger charge is -2.07. The Hall–Kier alpha value is -3.41. The van der Waals surface area contributed by atoms with Gasteiger partial charge in [-0.2, -0.15) is 5.10 Å². The van der Waals surface area contributed by atoms with E-state index < -0.39 is 0 Å². The van der Waals surface area contributed by atoms with Gasteiger partial charge in [-0.1, -0.05) is 12.1 Å². The largest absolute Gasteiger partial charge is 0.359 e. The van der Waals surface area contributed by atoms with Crippen LogP contribution in [-0.2, 0) is 11.2 Å². The number of carbonyl (C=O) groups excluding carboxylic acids is 2. The molecular weight excluding hydrogens is 316 g/mol. The monoisotopic (exact) mass is 334 g/mol. The van der Waals surface area contributed by atoms with E-state index in [1.807, 2.05) is 36.5 Å². The summed E-state index contributed by atoms with van der Waals surface area (Å²) in [6.45, 7) is 0. The van der Waals surface area contributed by atoms with Crippen LogP contribution < -0.4 is 10.6 Å². The van der Waals surface area contributed by atoms with Gasteiger partial charge in [0.25, 0.3) is 5.91 Å². The number of benzene rings is 2. The quantitative estimate of drug-likeness (QED) is 0.752. The van der Waals surface area contributed by atoms with Gasteiger partial charge < -0.3 is 10.6 Å². The Morgan fingerprint density at radius 1 is 1.04 bits per heavy atom. The highest BCUT2D eigenvalue weighted by atomic mass is 16.2. The van der Waals surface area contributed by atoms with Gasteiger partial charge in [0.1, 0.15) is 0 Å². The van der Waals surface area contributed by atoms with Crippen molar-refractivity contribution in [2.24, 2.45) is 0 Å². The molecule has 0 saturated heterocycles. The topological polar surface area (TPSA) is 76.0 Å². The van der Waals surface area contributed by atoms with Gasteiger partial charge in [-0.25, -0.2) is 4.68 Å². The van der Waals surface area contributed by atoms with Crippen LogP contribution in [0.3, 0.4) is 0 Å². The van der Waals surface area contributed by atoms with E-state index in [0.29, 0.717) is 17.7 Å². The van der Waals surface area contributed by atoms with Crippen molar-refractivity contribution in [1.29, 1.82) is 0 Å². The molecule has 3 aromatic rings. The second-order valence-corrected chi connectivity index (χ2v) is 5.50. The van der Waals surface area contributed by atoms with E-state index in [-0.39, 0.29) is 11.8 Å². The Labute approximate surface area is 145 Å². The number of hydrogen-bond acceptors (Lipinski definition) is 3. The van der Waals surface area contributed by atoms with Gasteiger partial charge in [0.2, 0.25) is 5.91 Å². The first-order valence-corrected chi connectivity index (χ1v) is 7.86. The molecular formula is C19H18N4O2. The van der Waals surface area contributed by atoms with Crippen LogP contribution in [0.25, 0.3) is 5.69 Å². The molecule has 2 aromatic carbocycles. The summed E-state index contributed by atoms with van der Waals surface area (Å²) in [5.74, 6) is -0.236. The summed E-state index contributed by atoms with van der Waals surface area (Å²) >= 11 is 0. The smallest absolute Gasteiger partial charge is 0.255 e. The molecule has 2 amide bonds. The molecule has 0 radical (unpaired) electrons. The Bertz CT molecular complexity index is 853. The molecule has 0 aliphatic heterocycles. The van der Waals surface area contributed by atoms with Crippen LogP contribution in [0, 0.1) is 0 Å². The molecule has 6 heteroatoms. The first-order chi connectivity index (χ1) is 12.2. The third kappa shape index (κ3) is 4.11. The Balaban J connectivity index is 1.64. The third-order valence-corrected chi connectivity index (χ3v) is 3.75.